The Bertz CT molecular complexity index is 1150. The van der Waals surface area contributed by atoms with Crippen molar-refractivity contribution in [2.45, 2.75) is 0 Å². The molecule has 0 aliphatic heterocycles. The first-order valence-corrected chi connectivity index (χ1v) is 11.3. The molecule has 0 bridgehead atoms. The van der Waals surface area contributed by atoms with Crippen molar-refractivity contribution in [2.75, 3.05) is 0 Å². The predicted molar refractivity (Wildman–Crippen MR) is 124 cm³/mol. The smallest absolute Gasteiger partial charge is 0.395 e. The number of hydrogen-bond donors (Lipinski definition) is 1. The van der Waals surface area contributed by atoms with E-state index >= 15 is 0 Å². The first kappa shape index (κ1) is 20.7. The van der Waals surface area contributed by atoms with E-state index in [-0.39, 0.29) is 11.5 Å². The standard InChI is InChI=1S/C26H21O4P/c27-31(28,29-24-14-8-3-9-15-24)30-25-18-16-21(17-19-25)20-26(22-10-4-1-5-11-22)23-12-6-2-7-13-23/h1-20H,(H,27,28). The minimum atomic E-state index is -4.29. The third kappa shape index (κ3) is 5.73. The van der Waals surface area contributed by atoms with Gasteiger partial charge in [0.1, 0.15) is 11.5 Å². The molecule has 4 rings (SSSR count). The molecule has 0 radical (unpaired) electrons. The van der Waals surface area contributed by atoms with Crippen LogP contribution >= 0.6 is 7.82 Å². The average Bonchev–Trinajstić information content (AvgIpc) is 2.80. The molecule has 0 saturated carbocycles. The lowest BCUT2D eigenvalue weighted by Crippen LogP contribution is -1.99. The highest BCUT2D eigenvalue weighted by atomic mass is 31.2. The van der Waals surface area contributed by atoms with Crippen LogP contribution in [0.15, 0.2) is 115 Å². The molecule has 1 atom stereocenters. The van der Waals surface area contributed by atoms with E-state index in [0.29, 0.717) is 0 Å². The summed E-state index contributed by atoms with van der Waals surface area (Å²) in [7, 11) is -4.29. The van der Waals surface area contributed by atoms with Crippen molar-refractivity contribution in [2.24, 2.45) is 0 Å². The third-order valence-corrected chi connectivity index (χ3v) is 5.43. The second-order valence-corrected chi connectivity index (χ2v) is 8.13. The molecular weight excluding hydrogens is 407 g/mol. The minimum Gasteiger partial charge on any atom is -0.395 e. The molecule has 0 amide bonds. The summed E-state index contributed by atoms with van der Waals surface area (Å²) in [6.45, 7) is 0. The molecule has 0 aliphatic rings. The van der Waals surface area contributed by atoms with E-state index in [1.807, 2.05) is 48.5 Å². The highest BCUT2D eigenvalue weighted by Gasteiger charge is 2.24. The summed E-state index contributed by atoms with van der Waals surface area (Å²) >= 11 is 0. The molecule has 31 heavy (non-hydrogen) atoms. The number of hydrogen-bond acceptors (Lipinski definition) is 3. The van der Waals surface area contributed by atoms with Crippen LogP contribution in [-0.4, -0.2) is 4.89 Å². The molecule has 0 heterocycles. The quantitative estimate of drug-likeness (QED) is 0.259. The van der Waals surface area contributed by atoms with Crippen LogP contribution < -0.4 is 9.05 Å². The molecule has 1 unspecified atom stereocenters. The predicted octanol–water partition coefficient (Wildman–Crippen LogP) is 6.83. The van der Waals surface area contributed by atoms with Crippen molar-refractivity contribution in [1.82, 2.24) is 0 Å². The first-order valence-electron chi connectivity index (χ1n) is 9.79. The van der Waals surface area contributed by atoms with Gasteiger partial charge in [-0.05, 0) is 52.6 Å². The van der Waals surface area contributed by atoms with Crippen LogP contribution in [0.5, 0.6) is 11.5 Å². The van der Waals surface area contributed by atoms with Gasteiger partial charge in [-0.3, -0.25) is 4.89 Å². The average molecular weight is 428 g/mol. The Balaban J connectivity index is 1.56. The summed E-state index contributed by atoms with van der Waals surface area (Å²) in [6, 6.07) is 35.7. The van der Waals surface area contributed by atoms with Crippen LogP contribution in [0.4, 0.5) is 0 Å². The number of para-hydroxylation sites is 1. The molecule has 4 aromatic rings. The summed E-state index contributed by atoms with van der Waals surface area (Å²) in [5.41, 5.74) is 4.22. The largest absolute Gasteiger partial charge is 0.584 e. The van der Waals surface area contributed by atoms with Gasteiger partial charge >= 0.3 is 7.82 Å². The van der Waals surface area contributed by atoms with E-state index in [2.05, 4.69) is 30.3 Å². The van der Waals surface area contributed by atoms with Crippen LogP contribution in [0.3, 0.4) is 0 Å². The van der Waals surface area contributed by atoms with Crippen molar-refractivity contribution in [1.29, 1.82) is 0 Å². The van der Waals surface area contributed by atoms with E-state index < -0.39 is 7.82 Å². The number of phosphoric ester groups is 1. The molecule has 0 fully saturated rings. The van der Waals surface area contributed by atoms with Crippen molar-refractivity contribution < 1.29 is 18.5 Å². The molecule has 0 aromatic heterocycles. The lowest BCUT2D eigenvalue weighted by atomic mass is 9.96. The Morgan fingerprint density at radius 1 is 0.613 bits per heavy atom. The molecule has 1 N–H and O–H groups in total. The van der Waals surface area contributed by atoms with Crippen molar-refractivity contribution >= 4 is 19.5 Å². The second-order valence-electron chi connectivity index (χ2n) is 6.82. The fourth-order valence-electron chi connectivity index (χ4n) is 3.13. The molecule has 4 nitrogen and oxygen atoms in total. The first-order chi connectivity index (χ1) is 15.1. The zero-order valence-corrected chi connectivity index (χ0v) is 17.6. The fraction of sp³-hybridized carbons (Fsp3) is 0. The molecule has 0 aliphatic carbocycles. The van der Waals surface area contributed by atoms with Gasteiger partial charge in [-0.25, -0.2) is 4.57 Å². The SMILES string of the molecule is O=P(O)(Oc1ccccc1)Oc1ccc(C=C(c2ccccc2)c2ccccc2)cc1. The van der Waals surface area contributed by atoms with E-state index in [0.717, 1.165) is 22.3 Å². The zero-order chi connectivity index (χ0) is 21.5. The van der Waals surface area contributed by atoms with Crippen LogP contribution in [0.1, 0.15) is 16.7 Å². The number of rotatable bonds is 7. The molecule has 5 heteroatoms. The van der Waals surface area contributed by atoms with Crippen molar-refractivity contribution in [3.63, 3.8) is 0 Å². The highest BCUT2D eigenvalue weighted by molar-refractivity contribution is 7.48. The van der Waals surface area contributed by atoms with Crippen molar-refractivity contribution in [3.8, 4) is 11.5 Å². The van der Waals surface area contributed by atoms with Gasteiger partial charge in [0.15, 0.2) is 0 Å². The number of benzene rings is 4. The minimum absolute atomic E-state index is 0.250. The lowest BCUT2D eigenvalue weighted by molar-refractivity contribution is 0.291. The maximum Gasteiger partial charge on any atom is 0.584 e. The molecule has 0 spiro atoms. The summed E-state index contributed by atoms with van der Waals surface area (Å²) in [5.74, 6) is 0.517. The van der Waals surface area contributed by atoms with Gasteiger partial charge < -0.3 is 9.05 Å². The zero-order valence-electron chi connectivity index (χ0n) is 16.7. The van der Waals surface area contributed by atoms with E-state index in [9.17, 15) is 9.46 Å². The highest BCUT2D eigenvalue weighted by Crippen LogP contribution is 2.44. The Morgan fingerprint density at radius 2 is 1.03 bits per heavy atom. The van der Waals surface area contributed by atoms with Gasteiger partial charge in [-0.15, -0.1) is 0 Å². The molecule has 4 aromatic carbocycles. The molecular formula is C26H21O4P. The van der Waals surface area contributed by atoms with E-state index in [1.54, 1.807) is 42.5 Å². The summed E-state index contributed by atoms with van der Waals surface area (Å²) in [4.78, 5) is 10.0. The Hall–Kier alpha value is -3.59. The van der Waals surface area contributed by atoms with Crippen LogP contribution in [0, 0.1) is 0 Å². The van der Waals surface area contributed by atoms with Crippen LogP contribution in [-0.2, 0) is 4.57 Å². The maximum atomic E-state index is 12.3. The normalized spacial score (nSPS) is 12.4. The maximum absolute atomic E-state index is 12.3. The molecule has 154 valence electrons. The summed E-state index contributed by atoms with van der Waals surface area (Å²) in [6.07, 6.45) is 2.08. The van der Waals surface area contributed by atoms with Crippen molar-refractivity contribution in [3.05, 3.63) is 132 Å². The Labute approximate surface area is 181 Å². The molecule has 0 saturated heterocycles. The third-order valence-electron chi connectivity index (χ3n) is 4.55. The number of phosphoric acid groups is 1. The van der Waals surface area contributed by atoms with E-state index in [1.165, 1.54) is 0 Å². The Kier molecular flexibility index (Phi) is 6.32. The topological polar surface area (TPSA) is 55.8 Å². The van der Waals surface area contributed by atoms with Gasteiger partial charge in [-0.1, -0.05) is 91.0 Å². The summed E-state index contributed by atoms with van der Waals surface area (Å²) in [5, 5.41) is 0. The monoisotopic (exact) mass is 428 g/mol. The van der Waals surface area contributed by atoms with Crippen LogP contribution in [0.25, 0.3) is 11.6 Å². The summed E-state index contributed by atoms with van der Waals surface area (Å²) < 4.78 is 22.6. The van der Waals surface area contributed by atoms with Gasteiger partial charge in [0.05, 0.1) is 0 Å². The van der Waals surface area contributed by atoms with Crippen LogP contribution in [0.2, 0.25) is 0 Å². The van der Waals surface area contributed by atoms with Gasteiger partial charge in [0.25, 0.3) is 0 Å². The Morgan fingerprint density at radius 3 is 1.52 bits per heavy atom. The second kappa shape index (κ2) is 9.48. The lowest BCUT2D eigenvalue weighted by Gasteiger charge is -2.14. The van der Waals surface area contributed by atoms with Gasteiger partial charge in [-0.2, -0.15) is 0 Å². The fourth-order valence-corrected chi connectivity index (χ4v) is 3.94. The van der Waals surface area contributed by atoms with Gasteiger partial charge in [0.2, 0.25) is 0 Å². The van der Waals surface area contributed by atoms with E-state index in [4.69, 9.17) is 9.05 Å². The van der Waals surface area contributed by atoms with Gasteiger partial charge in [0, 0.05) is 0 Å².